The molecule has 2 saturated heterocycles. The maximum atomic E-state index is 12.5. The zero-order valence-corrected chi connectivity index (χ0v) is 36.8. The largest absolute Gasteiger partial charge is 2.00 e. The number of hydrogen-bond acceptors (Lipinski definition) is 5. The van der Waals surface area contributed by atoms with Crippen molar-refractivity contribution in [1.82, 2.24) is 10.6 Å². The molecule has 5 amide bonds. The van der Waals surface area contributed by atoms with Gasteiger partial charge in [0, 0.05) is 18.5 Å². The van der Waals surface area contributed by atoms with Gasteiger partial charge in [-0.15, -0.1) is 78.3 Å². The van der Waals surface area contributed by atoms with Crippen LogP contribution in [0, 0.1) is 23.0 Å². The number of aryl methyl sites for hydroxylation is 1. The summed E-state index contributed by atoms with van der Waals surface area (Å²) < 4.78 is 0. The molecule has 1 unspecified atom stereocenters. The first-order valence-corrected chi connectivity index (χ1v) is 16.6. The molecule has 2 aromatic rings. The number of rotatable bonds is 6. The van der Waals surface area contributed by atoms with Gasteiger partial charge in [0.2, 0.25) is 17.7 Å². The Morgan fingerprint density at radius 1 is 0.843 bits per heavy atom. The van der Waals surface area contributed by atoms with Gasteiger partial charge in [-0.3, -0.25) is 19.7 Å². The first kappa shape index (κ1) is 52.5. The first-order chi connectivity index (χ1) is 22.5. The molecule has 0 aliphatic carbocycles. The van der Waals surface area contributed by atoms with Crippen LogP contribution >= 0.6 is 0 Å². The molecule has 2 aliphatic rings. The van der Waals surface area contributed by atoms with Crippen LogP contribution in [0.25, 0.3) is 10.6 Å². The van der Waals surface area contributed by atoms with E-state index in [1.807, 2.05) is 18.2 Å². The van der Waals surface area contributed by atoms with Gasteiger partial charge in [-0.2, -0.15) is 0 Å². The van der Waals surface area contributed by atoms with Crippen LogP contribution in [0.3, 0.4) is 0 Å². The maximum absolute atomic E-state index is 12.5. The molecule has 1 atom stereocenters. The van der Waals surface area contributed by atoms with Crippen molar-refractivity contribution in [1.29, 1.82) is 0 Å². The summed E-state index contributed by atoms with van der Waals surface area (Å²) in [5.74, 6) is -1.10. The molecule has 2 aliphatic heterocycles. The van der Waals surface area contributed by atoms with Crippen LogP contribution in [0.2, 0.25) is 0 Å². The maximum Gasteiger partial charge on any atom is 2.00 e. The summed E-state index contributed by atoms with van der Waals surface area (Å²) in [6.07, 6.45) is 7.32. The zero-order chi connectivity index (χ0) is 36.3. The Bertz CT molecular complexity index is 1350. The Balaban J connectivity index is -0.000000683. The number of carbonyl (C=O) groups is 5. The minimum absolute atomic E-state index is 0. The van der Waals surface area contributed by atoms with E-state index >= 15 is 0 Å². The number of piperidine rings is 2. The van der Waals surface area contributed by atoms with E-state index in [0.717, 1.165) is 18.4 Å². The minimum Gasteiger partial charge on any atom is -0.697 e. The second-order valence-corrected chi connectivity index (χ2v) is 14.2. The summed E-state index contributed by atoms with van der Waals surface area (Å²) in [6.45, 7) is 19.3. The summed E-state index contributed by atoms with van der Waals surface area (Å²) in [4.78, 5) is 55.9. The van der Waals surface area contributed by atoms with E-state index < -0.39 is 6.04 Å². The SMILES string of the molecule is C.C=C1CCC([N-]C(=O)c2[c-]cccc2CCC(C)(C)C)C(=O)N1.CCCC(C)(C)C.C[N-]C(=O)c1[c-]cccc1.O=C1CCCC(=O)N1.[W+2].[W+2]. The van der Waals surface area contributed by atoms with Crippen LogP contribution in [0.1, 0.15) is 134 Å². The quantitative estimate of drug-likeness (QED) is 0.221. The number of allylic oxidation sites excluding steroid dienone is 1. The molecule has 0 saturated carbocycles. The molecular weight excluding hydrogens is 984 g/mol. The molecule has 4 rings (SSSR count). The van der Waals surface area contributed by atoms with Crippen LogP contribution < -0.4 is 10.6 Å². The van der Waals surface area contributed by atoms with Gasteiger partial charge in [-0.25, -0.2) is 0 Å². The van der Waals surface area contributed by atoms with Crippen molar-refractivity contribution in [3.63, 3.8) is 0 Å². The zero-order valence-electron chi connectivity index (χ0n) is 30.9. The van der Waals surface area contributed by atoms with Gasteiger partial charge < -0.3 is 25.5 Å². The molecule has 11 heteroatoms. The average Bonchev–Trinajstić information content (AvgIpc) is 3.01. The number of imide groups is 1. The van der Waals surface area contributed by atoms with Gasteiger partial charge in [0.15, 0.2) is 0 Å². The number of carbonyl (C=O) groups excluding carboxylic acids is 5. The predicted octanol–water partition coefficient (Wildman–Crippen LogP) is 8.68. The number of nitrogens with one attached hydrogen (secondary N) is 2. The molecule has 0 radical (unpaired) electrons. The van der Waals surface area contributed by atoms with Crippen LogP contribution in [0.15, 0.2) is 54.7 Å². The van der Waals surface area contributed by atoms with Gasteiger partial charge >= 0.3 is 42.1 Å². The van der Waals surface area contributed by atoms with Crippen LogP contribution in [-0.4, -0.2) is 42.6 Å². The normalized spacial score (nSPS) is 14.9. The monoisotopic (exact) mass is 1040 g/mol. The first-order valence-electron chi connectivity index (χ1n) is 16.6. The molecule has 51 heavy (non-hydrogen) atoms. The van der Waals surface area contributed by atoms with Crippen molar-refractivity contribution in [2.75, 3.05) is 7.05 Å². The van der Waals surface area contributed by atoms with Crippen molar-refractivity contribution in [2.45, 2.75) is 120 Å². The van der Waals surface area contributed by atoms with Gasteiger partial charge in [0.25, 0.3) is 0 Å². The third kappa shape index (κ3) is 24.1. The van der Waals surface area contributed by atoms with E-state index in [1.54, 1.807) is 24.3 Å². The fourth-order valence-electron chi connectivity index (χ4n) is 4.57. The molecule has 0 bridgehead atoms. The van der Waals surface area contributed by atoms with E-state index in [0.29, 0.717) is 54.3 Å². The topological polar surface area (TPSA) is 138 Å². The number of hydrogen-bond donors (Lipinski definition) is 2. The Kier molecular flexibility index (Phi) is 27.6. The summed E-state index contributed by atoms with van der Waals surface area (Å²) in [6, 6.07) is 17.7. The summed E-state index contributed by atoms with van der Waals surface area (Å²) in [5.41, 5.74) is 3.37. The Hall–Kier alpha value is -2.89. The molecule has 0 aromatic heterocycles. The van der Waals surface area contributed by atoms with Crippen molar-refractivity contribution >= 4 is 29.5 Å². The van der Waals surface area contributed by atoms with Crippen LogP contribution in [0.4, 0.5) is 0 Å². The minimum atomic E-state index is -0.628. The van der Waals surface area contributed by atoms with E-state index in [2.05, 4.69) is 88.4 Å². The molecular formula is C40H58N4O5W2. The van der Waals surface area contributed by atoms with E-state index in [4.69, 9.17) is 0 Å². The van der Waals surface area contributed by atoms with Gasteiger partial charge in [0.1, 0.15) is 0 Å². The van der Waals surface area contributed by atoms with Crippen molar-refractivity contribution in [2.24, 2.45) is 10.8 Å². The fourth-order valence-corrected chi connectivity index (χ4v) is 4.57. The average molecular weight is 1040 g/mol. The van der Waals surface area contributed by atoms with E-state index in [1.165, 1.54) is 19.9 Å². The summed E-state index contributed by atoms with van der Waals surface area (Å²) in [5, 5.41) is 12.4. The summed E-state index contributed by atoms with van der Waals surface area (Å²) in [7, 11) is 1.48. The fraction of sp³-hybridized carbons (Fsp3) is 0.525. The second-order valence-electron chi connectivity index (χ2n) is 14.2. The molecule has 2 N–H and O–H groups in total. The van der Waals surface area contributed by atoms with Crippen molar-refractivity contribution < 1.29 is 66.1 Å². The van der Waals surface area contributed by atoms with Gasteiger partial charge in [-0.1, -0.05) is 88.2 Å². The number of benzene rings is 2. The van der Waals surface area contributed by atoms with E-state index in [9.17, 15) is 24.0 Å². The number of nitrogens with zero attached hydrogens (tertiary/aromatic N) is 2. The Morgan fingerprint density at radius 2 is 1.43 bits per heavy atom. The third-order valence-corrected chi connectivity index (χ3v) is 7.12. The van der Waals surface area contributed by atoms with Crippen LogP contribution in [-0.2, 0) is 62.9 Å². The number of amides is 5. The molecule has 2 fully saturated rings. The molecule has 280 valence electrons. The molecule has 0 spiro atoms. The smallest absolute Gasteiger partial charge is 0.697 e. The predicted molar refractivity (Wildman–Crippen MR) is 198 cm³/mol. The van der Waals surface area contributed by atoms with Gasteiger partial charge in [0.05, 0.1) is 0 Å². The van der Waals surface area contributed by atoms with Crippen molar-refractivity contribution in [3.05, 3.63) is 94.2 Å². The molecule has 9 nitrogen and oxygen atoms in total. The summed E-state index contributed by atoms with van der Waals surface area (Å²) >= 11 is 0. The second kappa shape index (κ2) is 26.8. The Morgan fingerprint density at radius 3 is 1.86 bits per heavy atom. The van der Waals surface area contributed by atoms with Crippen molar-refractivity contribution in [3.8, 4) is 0 Å². The van der Waals surface area contributed by atoms with Gasteiger partial charge in [-0.05, 0) is 47.9 Å². The molecule has 2 heterocycles. The standard InChI is InChI=1S/C19H25N2O2.C8H8NO.C7H16.C5H7NO2.CH4.2W/c1-13-9-10-16(18(23)20-13)21-17(22)15-8-6-5-7-14(15)11-12-19(2,3)4;1-9-8(10)7-5-3-2-4-6-7;1-5-6-7(2,3)4;7-4-2-1-3-5(8)6-4;;;/h5-7,16H,1,9-12H2,2-4H3,(H2,20,21,22,23);2-5H,1H3,(H,9,10);5-6H2,1-4H3;1-3H2,(H,6,7,8);1H4;;/q2*-1;;;;2*+2/p-2. The third-order valence-electron chi connectivity index (χ3n) is 7.12. The van der Waals surface area contributed by atoms with E-state index in [-0.39, 0.29) is 84.5 Å². The Labute approximate surface area is 336 Å². The molecule has 2 aromatic carbocycles. The van der Waals surface area contributed by atoms with Crippen LogP contribution in [0.5, 0.6) is 0 Å².